The van der Waals surface area contributed by atoms with Crippen LogP contribution >= 0.6 is 0 Å². The summed E-state index contributed by atoms with van der Waals surface area (Å²) in [6.07, 6.45) is 2.02. The molecule has 0 atom stereocenters. The van der Waals surface area contributed by atoms with Crippen LogP contribution in [0.5, 0.6) is 11.5 Å². The van der Waals surface area contributed by atoms with Gasteiger partial charge in [-0.15, -0.1) is 0 Å². The molecule has 4 N–H and O–H groups in total. The molecule has 2 aromatic rings. The number of carbonyl (C=O) groups excluding carboxylic acids is 2. The lowest BCUT2D eigenvalue weighted by molar-refractivity contribution is 0.102. The van der Waals surface area contributed by atoms with Gasteiger partial charge in [-0.25, -0.2) is 4.79 Å². The van der Waals surface area contributed by atoms with Crippen molar-refractivity contribution in [2.45, 2.75) is 18.9 Å². The summed E-state index contributed by atoms with van der Waals surface area (Å²) in [5.74, 6) is -0.170. The van der Waals surface area contributed by atoms with Gasteiger partial charge in [0.2, 0.25) is 0 Å². The molecule has 130 valence electrons. The number of anilines is 2. The molecule has 7 heteroatoms. The van der Waals surface area contributed by atoms with Gasteiger partial charge < -0.3 is 25.8 Å². The second-order valence-electron chi connectivity index (χ2n) is 5.79. The van der Waals surface area contributed by atoms with Crippen LogP contribution in [0.4, 0.5) is 16.2 Å². The molecule has 3 amide bonds. The molecule has 1 saturated carbocycles. The summed E-state index contributed by atoms with van der Waals surface area (Å²) in [7, 11) is 1.48. The van der Waals surface area contributed by atoms with Gasteiger partial charge in [0.15, 0.2) is 0 Å². The maximum atomic E-state index is 12.3. The highest BCUT2D eigenvalue weighted by Gasteiger charge is 2.23. The first-order chi connectivity index (χ1) is 12.0. The summed E-state index contributed by atoms with van der Waals surface area (Å²) < 4.78 is 4.99. The summed E-state index contributed by atoms with van der Waals surface area (Å²) in [6, 6.07) is 11.2. The molecule has 1 aliphatic rings. The number of phenolic OH excluding ortho intramolecular Hbond substituents is 1. The van der Waals surface area contributed by atoms with E-state index in [-0.39, 0.29) is 23.4 Å². The number of amides is 3. The zero-order valence-electron chi connectivity index (χ0n) is 13.7. The first-order valence-corrected chi connectivity index (χ1v) is 7.91. The van der Waals surface area contributed by atoms with E-state index >= 15 is 0 Å². The van der Waals surface area contributed by atoms with E-state index in [0.29, 0.717) is 17.1 Å². The third kappa shape index (κ3) is 4.41. The Morgan fingerprint density at radius 3 is 2.44 bits per heavy atom. The third-order valence-electron chi connectivity index (χ3n) is 3.74. The Morgan fingerprint density at radius 2 is 1.80 bits per heavy atom. The highest BCUT2D eigenvalue weighted by atomic mass is 16.5. The van der Waals surface area contributed by atoms with E-state index in [0.717, 1.165) is 12.8 Å². The molecule has 3 rings (SSSR count). The van der Waals surface area contributed by atoms with E-state index in [1.165, 1.54) is 19.2 Å². The molecule has 2 aromatic carbocycles. The number of hydrogen-bond donors (Lipinski definition) is 4. The monoisotopic (exact) mass is 341 g/mol. The predicted octanol–water partition coefficient (Wildman–Crippen LogP) is 2.94. The van der Waals surface area contributed by atoms with Crippen molar-refractivity contribution < 1.29 is 19.4 Å². The molecule has 0 heterocycles. The standard InChI is InChI=1S/C18H19N3O4/c1-25-14-7-8-15(16(22)10-14)17(23)19-12-3-2-4-13(9-12)21-18(24)20-11-5-6-11/h2-4,7-11,22H,5-6H2,1H3,(H,19,23)(H2,20,21,24). The van der Waals surface area contributed by atoms with Gasteiger partial charge in [0.1, 0.15) is 11.5 Å². The van der Waals surface area contributed by atoms with Crippen LogP contribution in [0.2, 0.25) is 0 Å². The van der Waals surface area contributed by atoms with Crippen molar-refractivity contribution in [2.75, 3.05) is 17.7 Å². The smallest absolute Gasteiger partial charge is 0.319 e. The predicted molar refractivity (Wildman–Crippen MR) is 94.2 cm³/mol. The largest absolute Gasteiger partial charge is 0.507 e. The Morgan fingerprint density at radius 1 is 1.08 bits per heavy atom. The van der Waals surface area contributed by atoms with E-state index in [4.69, 9.17) is 4.74 Å². The molecule has 0 aliphatic heterocycles. The number of aromatic hydroxyl groups is 1. The van der Waals surface area contributed by atoms with E-state index in [9.17, 15) is 14.7 Å². The van der Waals surface area contributed by atoms with Crippen LogP contribution in [-0.4, -0.2) is 30.2 Å². The van der Waals surface area contributed by atoms with Crippen LogP contribution in [0, 0.1) is 0 Å². The fourth-order valence-electron chi connectivity index (χ4n) is 2.28. The zero-order chi connectivity index (χ0) is 17.8. The number of urea groups is 1. The molecule has 25 heavy (non-hydrogen) atoms. The van der Waals surface area contributed by atoms with E-state index < -0.39 is 5.91 Å². The van der Waals surface area contributed by atoms with Gasteiger partial charge in [-0.05, 0) is 43.2 Å². The number of methoxy groups -OCH3 is 1. The normalized spacial score (nSPS) is 13.0. The minimum atomic E-state index is -0.459. The van der Waals surface area contributed by atoms with E-state index in [1.54, 1.807) is 30.3 Å². The van der Waals surface area contributed by atoms with Crippen LogP contribution in [0.25, 0.3) is 0 Å². The topological polar surface area (TPSA) is 99.7 Å². The van der Waals surface area contributed by atoms with Crippen molar-refractivity contribution in [1.82, 2.24) is 5.32 Å². The van der Waals surface area contributed by atoms with Gasteiger partial charge in [-0.3, -0.25) is 4.79 Å². The number of carbonyl (C=O) groups is 2. The molecule has 7 nitrogen and oxygen atoms in total. The Hall–Kier alpha value is -3.22. The van der Waals surface area contributed by atoms with Crippen molar-refractivity contribution in [3.05, 3.63) is 48.0 Å². The molecular weight excluding hydrogens is 322 g/mol. The van der Waals surface area contributed by atoms with Gasteiger partial charge in [0.05, 0.1) is 12.7 Å². The Balaban J connectivity index is 1.66. The summed E-state index contributed by atoms with van der Waals surface area (Å²) in [5.41, 5.74) is 1.20. The number of nitrogens with one attached hydrogen (secondary N) is 3. The highest BCUT2D eigenvalue weighted by molar-refractivity contribution is 6.06. The van der Waals surface area contributed by atoms with Crippen LogP contribution in [0.3, 0.4) is 0 Å². The van der Waals surface area contributed by atoms with Gasteiger partial charge in [-0.2, -0.15) is 0 Å². The molecule has 0 saturated heterocycles. The molecule has 1 aliphatic carbocycles. The van der Waals surface area contributed by atoms with Crippen molar-refractivity contribution in [3.63, 3.8) is 0 Å². The lowest BCUT2D eigenvalue weighted by Crippen LogP contribution is -2.30. The summed E-state index contributed by atoms with van der Waals surface area (Å²) >= 11 is 0. The Kier molecular flexibility index (Phi) is 4.74. The van der Waals surface area contributed by atoms with Crippen molar-refractivity contribution >= 4 is 23.3 Å². The SMILES string of the molecule is COc1ccc(C(=O)Nc2cccc(NC(=O)NC3CC3)c2)c(O)c1. The van der Waals surface area contributed by atoms with Gasteiger partial charge in [0.25, 0.3) is 5.91 Å². The van der Waals surface area contributed by atoms with Crippen LogP contribution in [-0.2, 0) is 0 Å². The van der Waals surface area contributed by atoms with Crippen molar-refractivity contribution in [3.8, 4) is 11.5 Å². The Bertz CT molecular complexity index is 803. The number of benzene rings is 2. The highest BCUT2D eigenvalue weighted by Crippen LogP contribution is 2.25. The Labute approximate surface area is 145 Å². The summed E-state index contributed by atoms with van der Waals surface area (Å²) in [6.45, 7) is 0. The van der Waals surface area contributed by atoms with Crippen LogP contribution < -0.4 is 20.7 Å². The summed E-state index contributed by atoms with van der Waals surface area (Å²) in [4.78, 5) is 24.1. The molecule has 0 radical (unpaired) electrons. The lowest BCUT2D eigenvalue weighted by atomic mass is 10.1. The van der Waals surface area contributed by atoms with Crippen LogP contribution in [0.15, 0.2) is 42.5 Å². The van der Waals surface area contributed by atoms with Gasteiger partial charge >= 0.3 is 6.03 Å². The van der Waals surface area contributed by atoms with E-state index in [2.05, 4.69) is 16.0 Å². The number of hydrogen-bond acceptors (Lipinski definition) is 4. The van der Waals surface area contributed by atoms with Gasteiger partial charge in [-0.1, -0.05) is 6.07 Å². The second kappa shape index (κ2) is 7.12. The number of phenols is 1. The quantitative estimate of drug-likeness (QED) is 0.672. The molecule has 0 spiro atoms. The molecule has 0 bridgehead atoms. The molecule has 1 fully saturated rings. The minimum Gasteiger partial charge on any atom is -0.507 e. The third-order valence-corrected chi connectivity index (χ3v) is 3.74. The van der Waals surface area contributed by atoms with E-state index in [1.807, 2.05) is 0 Å². The zero-order valence-corrected chi connectivity index (χ0v) is 13.7. The molecule has 0 aromatic heterocycles. The number of ether oxygens (including phenoxy) is 1. The summed E-state index contributed by atoms with van der Waals surface area (Å²) in [5, 5.41) is 18.2. The number of rotatable bonds is 5. The van der Waals surface area contributed by atoms with Gasteiger partial charge in [0, 0.05) is 23.5 Å². The van der Waals surface area contributed by atoms with Crippen LogP contribution in [0.1, 0.15) is 23.2 Å². The average Bonchev–Trinajstić information content (AvgIpc) is 3.38. The fraction of sp³-hybridized carbons (Fsp3) is 0.222. The molecular formula is C18H19N3O4. The fourth-order valence-corrected chi connectivity index (χ4v) is 2.28. The maximum Gasteiger partial charge on any atom is 0.319 e. The average molecular weight is 341 g/mol. The second-order valence-corrected chi connectivity index (χ2v) is 5.79. The van der Waals surface area contributed by atoms with Crippen molar-refractivity contribution in [2.24, 2.45) is 0 Å². The minimum absolute atomic E-state index is 0.130. The van der Waals surface area contributed by atoms with Crippen molar-refractivity contribution in [1.29, 1.82) is 0 Å². The maximum absolute atomic E-state index is 12.3. The molecule has 0 unspecified atom stereocenters. The first kappa shape index (κ1) is 16.6. The first-order valence-electron chi connectivity index (χ1n) is 7.91. The lowest BCUT2D eigenvalue weighted by Gasteiger charge is -2.10.